The van der Waals surface area contributed by atoms with E-state index in [-0.39, 0.29) is 17.0 Å². The van der Waals surface area contributed by atoms with E-state index in [2.05, 4.69) is 20.5 Å². The third kappa shape index (κ3) is 4.18. The summed E-state index contributed by atoms with van der Waals surface area (Å²) >= 11 is 0. The highest BCUT2D eigenvalue weighted by Crippen LogP contribution is 2.32. The summed E-state index contributed by atoms with van der Waals surface area (Å²) in [4.78, 5) is 12.1. The molecular weight excluding hydrogens is 342 g/mol. The molecule has 1 aliphatic carbocycles. The number of hydrogen-bond donors (Lipinski definition) is 3. The van der Waals surface area contributed by atoms with E-state index in [9.17, 15) is 13.2 Å². The largest absolute Gasteiger partial charge is 0.335 e. The second kappa shape index (κ2) is 6.85. The number of sulfonamides is 1. The lowest BCUT2D eigenvalue weighted by atomic mass is 10.2. The first-order valence-electron chi connectivity index (χ1n) is 8.06. The van der Waals surface area contributed by atoms with Gasteiger partial charge in [-0.15, -0.1) is 5.10 Å². The van der Waals surface area contributed by atoms with Gasteiger partial charge in [-0.05, 0) is 50.9 Å². The highest BCUT2D eigenvalue weighted by molar-refractivity contribution is 7.89. The lowest BCUT2D eigenvalue weighted by molar-refractivity contribution is 0.248. The van der Waals surface area contributed by atoms with Crippen molar-refractivity contribution >= 4 is 21.9 Å². The van der Waals surface area contributed by atoms with Crippen LogP contribution in [0.4, 0.5) is 10.6 Å². The number of carbonyl (C=O) groups is 1. The Morgan fingerprint density at radius 2 is 2.08 bits per heavy atom. The summed E-state index contributed by atoms with van der Waals surface area (Å²) < 4.78 is 27.6. The fourth-order valence-electron chi connectivity index (χ4n) is 2.52. The molecule has 0 unspecified atom stereocenters. The fourth-order valence-corrected chi connectivity index (χ4v) is 3.29. The Kier molecular flexibility index (Phi) is 4.78. The Bertz CT molecular complexity index is 873. The van der Waals surface area contributed by atoms with Crippen molar-refractivity contribution in [2.45, 2.75) is 30.7 Å². The summed E-state index contributed by atoms with van der Waals surface area (Å²) in [7, 11) is -2.17. The van der Waals surface area contributed by atoms with E-state index in [0.717, 1.165) is 12.8 Å². The van der Waals surface area contributed by atoms with Crippen LogP contribution in [0.1, 0.15) is 19.8 Å². The minimum Gasteiger partial charge on any atom is -0.335 e. The molecule has 1 atom stereocenters. The smallest absolute Gasteiger partial charge is 0.320 e. The maximum atomic E-state index is 12.0. The first-order chi connectivity index (χ1) is 11.9. The Morgan fingerprint density at radius 1 is 1.32 bits per heavy atom. The molecule has 134 valence electrons. The highest BCUT2D eigenvalue weighted by Gasteiger charge is 2.28. The van der Waals surface area contributed by atoms with Crippen molar-refractivity contribution < 1.29 is 13.2 Å². The summed E-state index contributed by atoms with van der Waals surface area (Å²) in [5.41, 5.74) is 0.580. The third-order valence-electron chi connectivity index (χ3n) is 4.18. The highest BCUT2D eigenvalue weighted by atomic mass is 32.2. The van der Waals surface area contributed by atoms with Crippen LogP contribution in [0.25, 0.3) is 5.69 Å². The molecule has 25 heavy (non-hydrogen) atoms. The molecule has 1 heterocycles. The second-order valence-electron chi connectivity index (χ2n) is 6.08. The Labute approximate surface area is 146 Å². The van der Waals surface area contributed by atoms with Crippen molar-refractivity contribution in [1.82, 2.24) is 19.8 Å². The molecule has 1 aliphatic rings. The van der Waals surface area contributed by atoms with Crippen LogP contribution in [0.15, 0.2) is 41.4 Å². The van der Waals surface area contributed by atoms with Crippen molar-refractivity contribution in [1.29, 1.82) is 0 Å². The van der Waals surface area contributed by atoms with Gasteiger partial charge in [0.1, 0.15) is 0 Å². The Balaban J connectivity index is 1.71. The van der Waals surface area contributed by atoms with Gasteiger partial charge in [-0.2, -0.15) is 0 Å². The molecule has 2 aromatic rings. The standard InChI is InChI=1S/C16H21N5O3S/c1-11(12-6-7-12)18-16(22)19-15-8-9-21(20-15)13-4-3-5-14(10-13)25(23,24)17-2/h3-5,8-12,17H,6-7H2,1-2H3,(H2,18,19,20,22)/t11-/m0/s1. The quantitative estimate of drug-likeness (QED) is 0.726. The normalized spacial score (nSPS) is 15.6. The molecule has 3 N–H and O–H groups in total. The summed E-state index contributed by atoms with van der Waals surface area (Å²) in [6.07, 6.45) is 3.97. The number of aromatic nitrogens is 2. The zero-order chi connectivity index (χ0) is 18.0. The molecule has 8 nitrogen and oxygen atoms in total. The molecule has 0 spiro atoms. The Morgan fingerprint density at radius 3 is 2.76 bits per heavy atom. The molecule has 0 bridgehead atoms. The maximum absolute atomic E-state index is 12.0. The summed E-state index contributed by atoms with van der Waals surface area (Å²) in [6, 6.07) is 7.89. The maximum Gasteiger partial charge on any atom is 0.320 e. The van der Waals surface area contributed by atoms with Gasteiger partial charge in [0.05, 0.1) is 10.6 Å². The van der Waals surface area contributed by atoms with E-state index >= 15 is 0 Å². The average molecular weight is 363 g/mol. The van der Waals surface area contributed by atoms with Gasteiger partial charge in [0, 0.05) is 18.3 Å². The Hall–Kier alpha value is -2.39. The van der Waals surface area contributed by atoms with Crippen molar-refractivity contribution in [3.8, 4) is 5.69 Å². The second-order valence-corrected chi connectivity index (χ2v) is 7.96. The number of nitrogens with one attached hydrogen (secondary N) is 3. The van der Waals surface area contributed by atoms with Crippen LogP contribution in [-0.4, -0.2) is 37.3 Å². The van der Waals surface area contributed by atoms with Crippen LogP contribution in [0.2, 0.25) is 0 Å². The molecule has 9 heteroatoms. The van der Waals surface area contributed by atoms with E-state index in [0.29, 0.717) is 17.4 Å². The van der Waals surface area contributed by atoms with Gasteiger partial charge in [-0.25, -0.2) is 22.6 Å². The minimum absolute atomic E-state index is 0.144. The minimum atomic E-state index is -3.53. The van der Waals surface area contributed by atoms with Gasteiger partial charge in [-0.3, -0.25) is 5.32 Å². The third-order valence-corrected chi connectivity index (χ3v) is 5.59. The van der Waals surface area contributed by atoms with Crippen LogP contribution in [0.5, 0.6) is 0 Å². The first-order valence-corrected chi connectivity index (χ1v) is 9.54. The predicted octanol–water partition coefficient (Wildman–Crippen LogP) is 1.70. The number of amides is 2. The molecule has 3 rings (SSSR count). The van der Waals surface area contributed by atoms with Gasteiger partial charge >= 0.3 is 6.03 Å². The van der Waals surface area contributed by atoms with E-state index in [1.165, 1.54) is 23.9 Å². The molecule has 1 aromatic heterocycles. The van der Waals surface area contributed by atoms with Gasteiger partial charge in [0.25, 0.3) is 0 Å². The predicted molar refractivity (Wildman–Crippen MR) is 94.1 cm³/mol. The molecule has 1 aromatic carbocycles. The van der Waals surface area contributed by atoms with Gasteiger partial charge in [0.15, 0.2) is 5.82 Å². The molecule has 1 fully saturated rings. The molecular formula is C16H21N5O3S. The van der Waals surface area contributed by atoms with E-state index in [4.69, 9.17) is 0 Å². The SMILES string of the molecule is CNS(=O)(=O)c1cccc(-n2ccc(NC(=O)N[C@@H](C)C3CC3)n2)c1. The van der Waals surface area contributed by atoms with Crippen molar-refractivity contribution in [2.75, 3.05) is 12.4 Å². The lowest BCUT2D eigenvalue weighted by Gasteiger charge is -2.12. The van der Waals surface area contributed by atoms with Crippen LogP contribution in [-0.2, 0) is 10.0 Å². The zero-order valence-electron chi connectivity index (χ0n) is 14.1. The van der Waals surface area contributed by atoms with Gasteiger partial charge < -0.3 is 5.32 Å². The van der Waals surface area contributed by atoms with E-state index < -0.39 is 10.0 Å². The van der Waals surface area contributed by atoms with Crippen LogP contribution >= 0.6 is 0 Å². The number of anilines is 1. The van der Waals surface area contributed by atoms with Crippen molar-refractivity contribution in [3.63, 3.8) is 0 Å². The number of rotatable bonds is 6. The molecule has 0 aliphatic heterocycles. The van der Waals surface area contributed by atoms with Gasteiger partial charge in [0.2, 0.25) is 10.0 Å². The van der Waals surface area contributed by atoms with Crippen LogP contribution < -0.4 is 15.4 Å². The van der Waals surface area contributed by atoms with Crippen molar-refractivity contribution in [2.24, 2.45) is 5.92 Å². The summed E-state index contributed by atoms with van der Waals surface area (Å²) in [6.45, 7) is 1.99. The van der Waals surface area contributed by atoms with E-state index in [1.807, 2.05) is 6.92 Å². The number of urea groups is 1. The molecule has 1 saturated carbocycles. The molecule has 0 radical (unpaired) electrons. The number of hydrogen-bond acceptors (Lipinski definition) is 4. The molecule has 0 saturated heterocycles. The van der Waals surface area contributed by atoms with Crippen LogP contribution in [0.3, 0.4) is 0 Å². The summed E-state index contributed by atoms with van der Waals surface area (Å²) in [5, 5.41) is 9.84. The van der Waals surface area contributed by atoms with Crippen LogP contribution in [0, 0.1) is 5.92 Å². The lowest BCUT2D eigenvalue weighted by Crippen LogP contribution is -2.37. The zero-order valence-corrected chi connectivity index (χ0v) is 14.9. The number of carbonyl (C=O) groups excluding carboxylic acids is 1. The van der Waals surface area contributed by atoms with E-state index in [1.54, 1.807) is 24.4 Å². The van der Waals surface area contributed by atoms with Crippen molar-refractivity contribution in [3.05, 3.63) is 36.5 Å². The molecule has 2 amide bonds. The number of nitrogens with zero attached hydrogens (tertiary/aromatic N) is 2. The fraction of sp³-hybridized carbons (Fsp3) is 0.375. The monoisotopic (exact) mass is 363 g/mol. The first kappa shape index (κ1) is 17.4. The average Bonchev–Trinajstić information content (AvgIpc) is 3.35. The summed E-state index contributed by atoms with van der Waals surface area (Å²) in [5.74, 6) is 0.961. The van der Waals surface area contributed by atoms with Gasteiger partial charge in [-0.1, -0.05) is 6.07 Å². The topological polar surface area (TPSA) is 105 Å². The number of benzene rings is 1.